The first-order chi connectivity index (χ1) is 22.6. The Bertz CT molecular complexity index is 1990. The van der Waals surface area contributed by atoms with Crippen molar-refractivity contribution >= 4 is 28.6 Å². The number of methoxy groups -OCH3 is 2. The van der Waals surface area contributed by atoms with Crippen molar-refractivity contribution in [2.75, 3.05) is 40.2 Å². The van der Waals surface area contributed by atoms with E-state index in [1.165, 1.54) is 31.0 Å². The molecule has 242 valence electrons. The van der Waals surface area contributed by atoms with Crippen molar-refractivity contribution in [2.45, 2.75) is 19.4 Å². The summed E-state index contributed by atoms with van der Waals surface area (Å²) in [7, 11) is 6.30. The minimum absolute atomic E-state index is 0.0721. The SMILES string of the molecule is COc1cc(OC)c(F)c(-c2cc3cnc(Nc4ccccn4)nc3n(C(C)c3cccc(CC(=O)/C=C/CN(C)C)c3)c2=O)c1F. The zero-order valence-electron chi connectivity index (χ0n) is 26.6. The zero-order chi connectivity index (χ0) is 33.7. The second-order valence-electron chi connectivity index (χ2n) is 11.1. The van der Waals surface area contributed by atoms with Crippen molar-refractivity contribution in [3.8, 4) is 22.6 Å². The van der Waals surface area contributed by atoms with Crippen LogP contribution in [0.2, 0.25) is 0 Å². The number of ketones is 1. The van der Waals surface area contributed by atoms with Crippen LogP contribution in [0.15, 0.2) is 83.9 Å². The van der Waals surface area contributed by atoms with E-state index in [1.807, 2.05) is 37.2 Å². The second-order valence-corrected chi connectivity index (χ2v) is 11.1. The molecule has 3 heterocycles. The molecule has 0 spiro atoms. The summed E-state index contributed by atoms with van der Waals surface area (Å²) in [5, 5.41) is 3.37. The Hall–Kier alpha value is -5.49. The molecule has 10 nitrogen and oxygen atoms in total. The normalized spacial score (nSPS) is 12.1. The number of anilines is 2. The van der Waals surface area contributed by atoms with E-state index in [1.54, 1.807) is 49.5 Å². The number of carbonyl (C=O) groups is 1. The van der Waals surface area contributed by atoms with Gasteiger partial charge in [0.25, 0.3) is 5.56 Å². The summed E-state index contributed by atoms with van der Waals surface area (Å²) >= 11 is 0. The first kappa shape index (κ1) is 32.9. The van der Waals surface area contributed by atoms with E-state index in [9.17, 15) is 9.59 Å². The zero-order valence-corrected chi connectivity index (χ0v) is 26.6. The van der Waals surface area contributed by atoms with Gasteiger partial charge in [0.15, 0.2) is 28.9 Å². The Balaban J connectivity index is 1.68. The molecule has 0 amide bonds. The van der Waals surface area contributed by atoms with Gasteiger partial charge in [-0.15, -0.1) is 0 Å². The molecule has 0 fully saturated rings. The van der Waals surface area contributed by atoms with Crippen LogP contribution in [0.25, 0.3) is 22.2 Å². The number of benzene rings is 2. The molecule has 1 N–H and O–H groups in total. The van der Waals surface area contributed by atoms with Crippen molar-refractivity contribution in [2.24, 2.45) is 0 Å². The lowest BCUT2D eigenvalue weighted by Gasteiger charge is -2.21. The summed E-state index contributed by atoms with van der Waals surface area (Å²) in [5.74, 6) is -2.13. The Kier molecular flexibility index (Phi) is 10.0. The Morgan fingerprint density at radius 3 is 2.43 bits per heavy atom. The van der Waals surface area contributed by atoms with Crippen molar-refractivity contribution in [3.05, 3.63) is 112 Å². The summed E-state index contributed by atoms with van der Waals surface area (Å²) in [6, 6.07) is 14.3. The molecule has 0 saturated heterocycles. The van der Waals surface area contributed by atoms with Gasteiger partial charge in [0.1, 0.15) is 11.5 Å². The number of nitrogens with one attached hydrogen (secondary N) is 1. The number of hydrogen-bond acceptors (Lipinski definition) is 9. The van der Waals surface area contributed by atoms with Gasteiger partial charge in [0.05, 0.1) is 31.4 Å². The summed E-state index contributed by atoms with van der Waals surface area (Å²) in [6.07, 6.45) is 6.57. The van der Waals surface area contributed by atoms with E-state index in [2.05, 4.69) is 20.3 Å². The lowest BCUT2D eigenvalue weighted by Crippen LogP contribution is -2.27. The first-order valence-corrected chi connectivity index (χ1v) is 14.7. The maximum absolute atomic E-state index is 15.7. The molecule has 2 aromatic carbocycles. The van der Waals surface area contributed by atoms with Gasteiger partial charge in [-0.3, -0.25) is 14.2 Å². The number of ether oxygens (including phenoxy) is 2. The van der Waals surface area contributed by atoms with Crippen LogP contribution in [-0.4, -0.2) is 65.1 Å². The average molecular weight is 641 g/mol. The van der Waals surface area contributed by atoms with Crippen LogP contribution in [0.5, 0.6) is 11.5 Å². The number of fused-ring (bicyclic) bond motifs is 1. The number of allylic oxidation sites excluding steroid dienone is 1. The molecule has 5 rings (SSSR count). The molecule has 47 heavy (non-hydrogen) atoms. The van der Waals surface area contributed by atoms with E-state index in [0.717, 1.165) is 11.6 Å². The van der Waals surface area contributed by atoms with E-state index < -0.39 is 28.8 Å². The predicted octanol–water partition coefficient (Wildman–Crippen LogP) is 5.73. The lowest BCUT2D eigenvalue weighted by atomic mass is 10.00. The highest BCUT2D eigenvalue weighted by Gasteiger charge is 2.27. The number of likely N-dealkylation sites (N-methyl/N-ethyl adjacent to an activating group) is 1. The largest absolute Gasteiger partial charge is 0.494 e. The molecule has 0 aliphatic carbocycles. The molecule has 3 aromatic heterocycles. The number of rotatable bonds is 12. The highest BCUT2D eigenvalue weighted by Crippen LogP contribution is 2.37. The second kappa shape index (κ2) is 14.3. The summed E-state index contributed by atoms with van der Waals surface area (Å²) in [4.78, 5) is 42.2. The lowest BCUT2D eigenvalue weighted by molar-refractivity contribution is -0.114. The minimum atomic E-state index is -1.06. The van der Waals surface area contributed by atoms with Gasteiger partial charge in [-0.2, -0.15) is 4.98 Å². The summed E-state index contributed by atoms with van der Waals surface area (Å²) in [6.45, 7) is 2.41. The van der Waals surface area contributed by atoms with Gasteiger partial charge in [-0.1, -0.05) is 36.4 Å². The Morgan fingerprint density at radius 1 is 1.02 bits per heavy atom. The molecule has 1 unspecified atom stereocenters. The van der Waals surface area contributed by atoms with Crippen molar-refractivity contribution < 1.29 is 23.0 Å². The number of hydrogen-bond donors (Lipinski definition) is 1. The average Bonchev–Trinajstić information content (AvgIpc) is 3.05. The topological polar surface area (TPSA) is 111 Å². The monoisotopic (exact) mass is 640 g/mol. The highest BCUT2D eigenvalue weighted by molar-refractivity contribution is 5.91. The molecule has 0 saturated carbocycles. The molecule has 0 aliphatic heterocycles. The smallest absolute Gasteiger partial charge is 0.260 e. The van der Waals surface area contributed by atoms with Crippen LogP contribution < -0.4 is 20.3 Å². The molecular weight excluding hydrogens is 606 g/mol. The molecule has 1 atom stereocenters. The van der Waals surface area contributed by atoms with Crippen LogP contribution in [0.4, 0.5) is 20.5 Å². The van der Waals surface area contributed by atoms with Crippen LogP contribution in [0.3, 0.4) is 0 Å². The van der Waals surface area contributed by atoms with E-state index >= 15 is 8.78 Å². The van der Waals surface area contributed by atoms with Gasteiger partial charge >= 0.3 is 0 Å². The van der Waals surface area contributed by atoms with E-state index in [0.29, 0.717) is 23.3 Å². The third kappa shape index (κ3) is 7.17. The molecule has 0 aliphatic rings. The number of aromatic nitrogens is 4. The summed E-state index contributed by atoms with van der Waals surface area (Å²) < 4.78 is 43.1. The predicted molar refractivity (Wildman–Crippen MR) is 176 cm³/mol. The van der Waals surface area contributed by atoms with E-state index in [4.69, 9.17) is 9.47 Å². The van der Waals surface area contributed by atoms with Crippen molar-refractivity contribution in [1.29, 1.82) is 0 Å². The standard InChI is InChI=1S/C35H34F2N6O4/c1-21(23-11-8-10-22(16-23)17-25(44)12-9-15-42(2)3)43-33-24(20-39-35(41-33)40-29-13-6-7-14-38-29)18-26(34(43)45)30-31(36)27(46-4)19-28(47-5)32(30)37/h6-14,16,18-21H,15,17H2,1-5H3,(H,38,39,40,41)/b12-9+. The third-order valence-electron chi connectivity index (χ3n) is 7.49. The van der Waals surface area contributed by atoms with Crippen molar-refractivity contribution in [3.63, 3.8) is 0 Å². The maximum Gasteiger partial charge on any atom is 0.260 e. The molecule has 12 heteroatoms. The fraction of sp³-hybridized carbons (Fsp3) is 0.229. The van der Waals surface area contributed by atoms with Gasteiger partial charge in [-0.05, 0) is 56.4 Å². The van der Waals surface area contributed by atoms with Gasteiger partial charge in [0, 0.05) is 36.8 Å². The summed E-state index contributed by atoms with van der Waals surface area (Å²) in [5.41, 5.74) is 0.0351. The molecule has 0 bridgehead atoms. The molecule has 0 radical (unpaired) electrons. The minimum Gasteiger partial charge on any atom is -0.494 e. The molecule has 5 aromatic rings. The van der Waals surface area contributed by atoms with Gasteiger partial charge < -0.3 is 19.7 Å². The third-order valence-corrected chi connectivity index (χ3v) is 7.49. The van der Waals surface area contributed by atoms with Crippen molar-refractivity contribution in [1.82, 2.24) is 24.4 Å². The maximum atomic E-state index is 15.7. The van der Waals surface area contributed by atoms with Crippen LogP contribution in [0.1, 0.15) is 24.1 Å². The van der Waals surface area contributed by atoms with Crippen LogP contribution in [-0.2, 0) is 11.2 Å². The number of halogens is 2. The van der Waals surface area contributed by atoms with Gasteiger partial charge in [-0.25, -0.2) is 18.7 Å². The van der Waals surface area contributed by atoms with Crippen LogP contribution >= 0.6 is 0 Å². The Labute approximate surface area is 270 Å². The van der Waals surface area contributed by atoms with E-state index in [-0.39, 0.29) is 40.9 Å². The quantitative estimate of drug-likeness (QED) is 0.171. The fourth-order valence-electron chi connectivity index (χ4n) is 5.16. The first-order valence-electron chi connectivity index (χ1n) is 14.7. The van der Waals surface area contributed by atoms with Crippen LogP contribution in [0, 0.1) is 11.6 Å². The fourth-order valence-corrected chi connectivity index (χ4v) is 5.16. The Morgan fingerprint density at radius 2 is 1.77 bits per heavy atom. The number of carbonyl (C=O) groups excluding carboxylic acids is 1. The molecular formula is C35H34F2N6O4. The van der Waals surface area contributed by atoms with Gasteiger partial charge in [0.2, 0.25) is 5.95 Å². The highest BCUT2D eigenvalue weighted by atomic mass is 19.1. The number of nitrogens with zero attached hydrogens (tertiary/aromatic N) is 5. The number of pyridine rings is 2.